The van der Waals surface area contributed by atoms with Gasteiger partial charge in [0.2, 0.25) is 0 Å². The van der Waals surface area contributed by atoms with Crippen LogP contribution in [0.25, 0.3) is 0 Å². The second-order valence-electron chi connectivity index (χ2n) is 6.25. The first kappa shape index (κ1) is 18.2. The summed E-state index contributed by atoms with van der Waals surface area (Å²) in [5.41, 5.74) is 3.09. The molecule has 1 amide bonds. The first-order valence-electron chi connectivity index (χ1n) is 9.05. The molecule has 2 rings (SSSR count). The fourth-order valence-electron chi connectivity index (χ4n) is 2.72. The zero-order chi connectivity index (χ0) is 17.0. The van der Waals surface area contributed by atoms with Crippen LogP contribution in [0.5, 0.6) is 0 Å². The Labute approximate surface area is 145 Å². The summed E-state index contributed by atoms with van der Waals surface area (Å²) in [7, 11) is 0. The Balaban J connectivity index is 1.71. The molecule has 24 heavy (non-hydrogen) atoms. The van der Waals surface area contributed by atoms with Crippen molar-refractivity contribution in [3.63, 3.8) is 0 Å². The van der Waals surface area contributed by atoms with Gasteiger partial charge in [-0.3, -0.25) is 9.78 Å². The number of nitrogens with one attached hydrogen (secondary N) is 1. The van der Waals surface area contributed by atoms with Gasteiger partial charge in [0, 0.05) is 24.5 Å². The van der Waals surface area contributed by atoms with Crippen LogP contribution in [0.3, 0.4) is 0 Å². The molecule has 3 nitrogen and oxygen atoms in total. The average molecular weight is 324 g/mol. The van der Waals surface area contributed by atoms with E-state index >= 15 is 0 Å². The molecule has 0 unspecified atom stereocenters. The van der Waals surface area contributed by atoms with E-state index < -0.39 is 0 Å². The molecule has 0 bridgehead atoms. The van der Waals surface area contributed by atoms with Crippen LogP contribution in [0, 0.1) is 0 Å². The summed E-state index contributed by atoms with van der Waals surface area (Å²) in [4.78, 5) is 16.1. The normalized spacial score (nSPS) is 10.5. The molecule has 1 aromatic carbocycles. The van der Waals surface area contributed by atoms with Crippen LogP contribution in [-0.4, -0.2) is 10.9 Å². The molecular formula is C21H28N2O. The maximum atomic E-state index is 12.2. The number of aromatic nitrogens is 1. The standard InChI is InChI=1S/C21H28N2O/c1-2-3-4-5-6-7-8-18-9-11-20(12-10-18)21(24)23-17-19-13-15-22-16-14-19/h9-16H,2-8,17H2,1H3,(H,23,24). The molecule has 0 aliphatic heterocycles. The van der Waals surface area contributed by atoms with Crippen LogP contribution in [0.2, 0.25) is 0 Å². The number of pyridine rings is 1. The molecule has 0 fully saturated rings. The van der Waals surface area contributed by atoms with Gasteiger partial charge >= 0.3 is 0 Å². The van der Waals surface area contributed by atoms with E-state index in [0.29, 0.717) is 6.54 Å². The third-order valence-corrected chi connectivity index (χ3v) is 4.24. The quantitative estimate of drug-likeness (QED) is 0.631. The number of carbonyl (C=O) groups is 1. The van der Waals surface area contributed by atoms with Gasteiger partial charge in [0.05, 0.1) is 0 Å². The highest BCUT2D eigenvalue weighted by molar-refractivity contribution is 5.94. The van der Waals surface area contributed by atoms with Gasteiger partial charge in [-0.1, -0.05) is 51.2 Å². The Hall–Kier alpha value is -2.16. The Morgan fingerprint density at radius 1 is 0.875 bits per heavy atom. The number of carbonyl (C=O) groups excluding carboxylic acids is 1. The number of nitrogens with zero attached hydrogens (tertiary/aromatic N) is 1. The summed E-state index contributed by atoms with van der Waals surface area (Å²) in [5, 5.41) is 2.94. The van der Waals surface area contributed by atoms with Crippen LogP contribution >= 0.6 is 0 Å². The third-order valence-electron chi connectivity index (χ3n) is 4.24. The number of aryl methyl sites for hydroxylation is 1. The highest BCUT2D eigenvalue weighted by Gasteiger charge is 2.05. The van der Waals surface area contributed by atoms with Crippen LogP contribution < -0.4 is 5.32 Å². The van der Waals surface area contributed by atoms with Gasteiger partial charge < -0.3 is 5.32 Å². The molecule has 1 N–H and O–H groups in total. The number of hydrogen-bond acceptors (Lipinski definition) is 2. The highest BCUT2D eigenvalue weighted by atomic mass is 16.1. The van der Waals surface area contributed by atoms with E-state index in [1.807, 2.05) is 24.3 Å². The Bertz CT molecular complexity index is 593. The first-order valence-corrected chi connectivity index (χ1v) is 9.05. The summed E-state index contributed by atoms with van der Waals surface area (Å²) in [6, 6.07) is 11.8. The average Bonchev–Trinajstić information content (AvgIpc) is 2.64. The molecule has 1 heterocycles. The maximum Gasteiger partial charge on any atom is 0.251 e. The van der Waals surface area contributed by atoms with E-state index in [-0.39, 0.29) is 5.91 Å². The van der Waals surface area contributed by atoms with E-state index in [1.165, 1.54) is 44.1 Å². The van der Waals surface area contributed by atoms with Crippen molar-refractivity contribution in [3.05, 3.63) is 65.5 Å². The maximum absolute atomic E-state index is 12.2. The molecular weight excluding hydrogens is 296 g/mol. The monoisotopic (exact) mass is 324 g/mol. The summed E-state index contributed by atoms with van der Waals surface area (Å²) < 4.78 is 0. The van der Waals surface area contributed by atoms with E-state index in [0.717, 1.165) is 17.5 Å². The number of benzene rings is 1. The molecule has 2 aromatic rings. The lowest BCUT2D eigenvalue weighted by atomic mass is 10.0. The van der Waals surface area contributed by atoms with Crippen molar-refractivity contribution in [2.45, 2.75) is 58.4 Å². The van der Waals surface area contributed by atoms with Crippen LogP contribution in [0.4, 0.5) is 0 Å². The van der Waals surface area contributed by atoms with Crippen molar-refractivity contribution in [2.24, 2.45) is 0 Å². The fraction of sp³-hybridized carbons (Fsp3) is 0.429. The van der Waals surface area contributed by atoms with Gasteiger partial charge in [0.15, 0.2) is 0 Å². The topological polar surface area (TPSA) is 42.0 Å². The third kappa shape index (κ3) is 6.53. The molecule has 0 aliphatic rings. The lowest BCUT2D eigenvalue weighted by Crippen LogP contribution is -2.22. The van der Waals surface area contributed by atoms with E-state index in [4.69, 9.17) is 0 Å². The van der Waals surface area contributed by atoms with Crippen LogP contribution in [0.1, 0.15) is 66.9 Å². The number of hydrogen-bond donors (Lipinski definition) is 1. The Morgan fingerprint density at radius 2 is 1.54 bits per heavy atom. The van der Waals surface area contributed by atoms with Crippen LogP contribution in [-0.2, 0) is 13.0 Å². The zero-order valence-electron chi connectivity index (χ0n) is 14.6. The largest absolute Gasteiger partial charge is 0.348 e. The number of amides is 1. The molecule has 0 saturated heterocycles. The fourth-order valence-corrected chi connectivity index (χ4v) is 2.72. The smallest absolute Gasteiger partial charge is 0.251 e. The molecule has 3 heteroatoms. The Kier molecular flexibility index (Phi) is 8.02. The highest BCUT2D eigenvalue weighted by Crippen LogP contribution is 2.11. The van der Waals surface area contributed by atoms with Crippen molar-refractivity contribution in [3.8, 4) is 0 Å². The predicted molar refractivity (Wildman–Crippen MR) is 98.9 cm³/mol. The molecule has 0 radical (unpaired) electrons. The van der Waals surface area contributed by atoms with Gasteiger partial charge in [-0.2, -0.15) is 0 Å². The number of rotatable bonds is 10. The summed E-state index contributed by atoms with van der Waals surface area (Å²) in [6.07, 6.45) is 12.4. The Morgan fingerprint density at radius 3 is 2.25 bits per heavy atom. The lowest BCUT2D eigenvalue weighted by molar-refractivity contribution is 0.0951. The minimum atomic E-state index is -0.0297. The summed E-state index contributed by atoms with van der Waals surface area (Å²) in [5.74, 6) is -0.0297. The van der Waals surface area contributed by atoms with Crippen molar-refractivity contribution in [1.29, 1.82) is 0 Å². The van der Waals surface area contributed by atoms with Gasteiger partial charge in [-0.15, -0.1) is 0 Å². The number of unbranched alkanes of at least 4 members (excludes halogenated alkanes) is 5. The van der Waals surface area contributed by atoms with Gasteiger partial charge in [0.25, 0.3) is 5.91 Å². The summed E-state index contributed by atoms with van der Waals surface area (Å²) in [6.45, 7) is 2.77. The van der Waals surface area contributed by atoms with Crippen molar-refractivity contribution in [2.75, 3.05) is 0 Å². The van der Waals surface area contributed by atoms with Gasteiger partial charge in [0.1, 0.15) is 0 Å². The lowest BCUT2D eigenvalue weighted by Gasteiger charge is -2.07. The van der Waals surface area contributed by atoms with E-state index in [1.54, 1.807) is 12.4 Å². The molecule has 0 aliphatic carbocycles. The van der Waals surface area contributed by atoms with Gasteiger partial charge in [-0.25, -0.2) is 0 Å². The first-order chi connectivity index (χ1) is 11.8. The minimum Gasteiger partial charge on any atom is -0.348 e. The molecule has 0 atom stereocenters. The summed E-state index contributed by atoms with van der Waals surface area (Å²) >= 11 is 0. The van der Waals surface area contributed by atoms with Crippen molar-refractivity contribution >= 4 is 5.91 Å². The van der Waals surface area contributed by atoms with Crippen LogP contribution in [0.15, 0.2) is 48.8 Å². The van der Waals surface area contributed by atoms with Crippen molar-refractivity contribution < 1.29 is 4.79 Å². The SMILES string of the molecule is CCCCCCCCc1ccc(C(=O)NCc2ccncc2)cc1. The minimum absolute atomic E-state index is 0.0297. The second-order valence-corrected chi connectivity index (χ2v) is 6.25. The van der Waals surface area contributed by atoms with E-state index in [9.17, 15) is 4.79 Å². The second kappa shape index (κ2) is 10.6. The van der Waals surface area contributed by atoms with E-state index in [2.05, 4.69) is 29.4 Å². The van der Waals surface area contributed by atoms with Gasteiger partial charge in [-0.05, 0) is 48.2 Å². The molecule has 0 saturated carbocycles. The van der Waals surface area contributed by atoms with Crippen molar-refractivity contribution in [1.82, 2.24) is 10.3 Å². The zero-order valence-corrected chi connectivity index (χ0v) is 14.6. The molecule has 1 aromatic heterocycles. The molecule has 0 spiro atoms. The molecule has 128 valence electrons. The predicted octanol–water partition coefficient (Wildman–Crippen LogP) is 4.91.